The fourth-order valence-electron chi connectivity index (χ4n) is 1.39. The predicted molar refractivity (Wildman–Crippen MR) is 54.2 cm³/mol. The Bertz CT molecular complexity index is 450. The van der Waals surface area contributed by atoms with Crippen LogP contribution < -0.4 is 5.56 Å². The van der Waals surface area contributed by atoms with Crippen LogP contribution in [0.4, 0.5) is 0 Å². The van der Waals surface area contributed by atoms with Crippen LogP contribution in [-0.4, -0.2) is 27.1 Å². The highest BCUT2D eigenvalue weighted by Crippen LogP contribution is 2.22. The first-order valence-electron chi connectivity index (χ1n) is 5.10. The number of hydrogen-bond acceptors (Lipinski definition) is 4. The zero-order valence-corrected chi connectivity index (χ0v) is 8.60. The van der Waals surface area contributed by atoms with Crippen molar-refractivity contribution in [2.45, 2.75) is 32.0 Å². The minimum Gasteiger partial charge on any atom is -0.477 e. The molecule has 0 radical (unpaired) electrons. The summed E-state index contributed by atoms with van der Waals surface area (Å²) < 4.78 is 5.44. The topological polar surface area (TPSA) is 92.3 Å². The number of carbonyl (C=O) groups is 1. The molecule has 2 N–H and O–H groups in total. The van der Waals surface area contributed by atoms with Crippen molar-refractivity contribution in [2.75, 3.05) is 0 Å². The lowest BCUT2D eigenvalue weighted by Gasteiger charge is -2.25. The van der Waals surface area contributed by atoms with Gasteiger partial charge in [-0.2, -0.15) is 0 Å². The molecule has 6 heteroatoms. The third-order valence-corrected chi connectivity index (χ3v) is 2.59. The number of aromatic amines is 1. The maximum atomic E-state index is 11.3. The molecule has 1 aliphatic rings. The van der Waals surface area contributed by atoms with Crippen LogP contribution in [0.5, 0.6) is 0 Å². The zero-order chi connectivity index (χ0) is 11.5. The molecule has 0 aromatic carbocycles. The summed E-state index contributed by atoms with van der Waals surface area (Å²) in [6.07, 6.45) is 4.56. The monoisotopic (exact) mass is 224 g/mol. The molecule has 1 aliphatic carbocycles. The van der Waals surface area contributed by atoms with Gasteiger partial charge in [0.05, 0.1) is 6.10 Å². The molecule has 16 heavy (non-hydrogen) atoms. The number of carboxylic acids is 1. The number of aromatic carboxylic acids is 1. The minimum absolute atomic E-state index is 0.222. The lowest BCUT2D eigenvalue weighted by molar-refractivity contribution is -0.0117. The van der Waals surface area contributed by atoms with E-state index in [1.165, 1.54) is 6.42 Å². The molecule has 2 rings (SSSR count). The second-order valence-corrected chi connectivity index (χ2v) is 3.74. The molecule has 0 atom stereocenters. The van der Waals surface area contributed by atoms with E-state index in [2.05, 4.69) is 9.97 Å². The molecular weight excluding hydrogens is 212 g/mol. The Labute approximate surface area is 91.3 Å². The van der Waals surface area contributed by atoms with Gasteiger partial charge in [0, 0.05) is 6.20 Å². The Balaban J connectivity index is 2.02. The number of H-pyrrole nitrogens is 1. The van der Waals surface area contributed by atoms with Crippen molar-refractivity contribution in [1.29, 1.82) is 0 Å². The summed E-state index contributed by atoms with van der Waals surface area (Å²) >= 11 is 0. The normalized spacial score (nSPS) is 15.8. The minimum atomic E-state index is -1.28. The van der Waals surface area contributed by atoms with E-state index in [0.717, 1.165) is 19.0 Å². The van der Waals surface area contributed by atoms with Gasteiger partial charge in [0.15, 0.2) is 0 Å². The number of hydrogen-bond donors (Lipinski definition) is 2. The van der Waals surface area contributed by atoms with Crippen LogP contribution in [0, 0.1) is 0 Å². The Hall–Kier alpha value is -1.69. The number of nitrogens with zero attached hydrogens (tertiary/aromatic N) is 1. The van der Waals surface area contributed by atoms with Crippen molar-refractivity contribution in [1.82, 2.24) is 9.97 Å². The van der Waals surface area contributed by atoms with Crippen molar-refractivity contribution in [3.05, 3.63) is 27.9 Å². The molecule has 1 heterocycles. The van der Waals surface area contributed by atoms with Crippen LogP contribution in [0.3, 0.4) is 0 Å². The number of ether oxygens (including phenoxy) is 1. The Morgan fingerprint density at radius 1 is 1.62 bits per heavy atom. The molecule has 0 bridgehead atoms. The quantitative estimate of drug-likeness (QED) is 0.778. The van der Waals surface area contributed by atoms with Gasteiger partial charge in [-0.15, -0.1) is 0 Å². The highest BCUT2D eigenvalue weighted by atomic mass is 16.5. The van der Waals surface area contributed by atoms with E-state index < -0.39 is 11.5 Å². The lowest BCUT2D eigenvalue weighted by Crippen LogP contribution is -2.24. The van der Waals surface area contributed by atoms with E-state index in [4.69, 9.17) is 9.84 Å². The standard InChI is InChI=1S/C10H12N2O4/c13-9-7(10(14)15)4-11-8(12-9)5-16-6-2-1-3-6/h4,6H,1-3,5H2,(H,14,15)(H,11,12,13). The number of nitrogens with one attached hydrogen (secondary N) is 1. The van der Waals surface area contributed by atoms with Gasteiger partial charge in [0.1, 0.15) is 18.0 Å². The van der Waals surface area contributed by atoms with Crippen LogP contribution in [0.25, 0.3) is 0 Å². The molecule has 1 fully saturated rings. The summed E-state index contributed by atoms with van der Waals surface area (Å²) in [7, 11) is 0. The summed E-state index contributed by atoms with van der Waals surface area (Å²) in [5.41, 5.74) is -0.998. The van der Waals surface area contributed by atoms with Crippen molar-refractivity contribution in [2.24, 2.45) is 0 Å². The first-order chi connectivity index (χ1) is 7.66. The molecule has 6 nitrogen and oxygen atoms in total. The average Bonchev–Trinajstić information content (AvgIpc) is 2.14. The second-order valence-electron chi connectivity index (χ2n) is 3.74. The highest BCUT2D eigenvalue weighted by Gasteiger charge is 2.18. The van der Waals surface area contributed by atoms with E-state index in [-0.39, 0.29) is 18.3 Å². The van der Waals surface area contributed by atoms with Crippen molar-refractivity contribution >= 4 is 5.97 Å². The summed E-state index contributed by atoms with van der Waals surface area (Å²) in [6, 6.07) is 0. The van der Waals surface area contributed by atoms with Crippen LogP contribution in [0.1, 0.15) is 35.4 Å². The summed E-state index contributed by atoms with van der Waals surface area (Å²) in [4.78, 5) is 28.1. The Kier molecular flexibility index (Phi) is 3.00. The number of aromatic nitrogens is 2. The van der Waals surface area contributed by atoms with Crippen molar-refractivity contribution in [3.63, 3.8) is 0 Å². The van der Waals surface area contributed by atoms with Gasteiger partial charge in [0.2, 0.25) is 0 Å². The molecule has 1 saturated carbocycles. The van der Waals surface area contributed by atoms with E-state index in [0.29, 0.717) is 5.82 Å². The highest BCUT2D eigenvalue weighted by molar-refractivity contribution is 5.86. The van der Waals surface area contributed by atoms with Crippen LogP contribution in [-0.2, 0) is 11.3 Å². The summed E-state index contributed by atoms with van der Waals surface area (Å²) in [5.74, 6) is -0.915. The van der Waals surface area contributed by atoms with E-state index in [1.54, 1.807) is 0 Å². The van der Waals surface area contributed by atoms with Gasteiger partial charge in [0.25, 0.3) is 5.56 Å². The smallest absolute Gasteiger partial charge is 0.342 e. The van der Waals surface area contributed by atoms with Gasteiger partial charge in [-0.05, 0) is 19.3 Å². The number of rotatable bonds is 4. The molecular formula is C10H12N2O4. The van der Waals surface area contributed by atoms with Crippen LogP contribution in [0.2, 0.25) is 0 Å². The van der Waals surface area contributed by atoms with Gasteiger partial charge >= 0.3 is 5.97 Å². The molecule has 0 aliphatic heterocycles. The van der Waals surface area contributed by atoms with Crippen molar-refractivity contribution in [3.8, 4) is 0 Å². The fourth-order valence-corrected chi connectivity index (χ4v) is 1.39. The van der Waals surface area contributed by atoms with E-state index >= 15 is 0 Å². The van der Waals surface area contributed by atoms with E-state index in [1.807, 2.05) is 0 Å². The average molecular weight is 224 g/mol. The van der Waals surface area contributed by atoms with Crippen molar-refractivity contribution < 1.29 is 14.6 Å². The van der Waals surface area contributed by atoms with Gasteiger partial charge in [-0.1, -0.05) is 0 Å². The Morgan fingerprint density at radius 2 is 2.38 bits per heavy atom. The third kappa shape index (κ3) is 2.27. The maximum absolute atomic E-state index is 11.3. The zero-order valence-electron chi connectivity index (χ0n) is 8.60. The first-order valence-corrected chi connectivity index (χ1v) is 5.10. The largest absolute Gasteiger partial charge is 0.477 e. The first kappa shape index (κ1) is 10.8. The fraction of sp³-hybridized carbons (Fsp3) is 0.500. The summed E-state index contributed by atoms with van der Waals surface area (Å²) in [5, 5.41) is 8.63. The number of carboxylic acid groups (broad SMARTS) is 1. The third-order valence-electron chi connectivity index (χ3n) is 2.59. The molecule has 1 aromatic heterocycles. The van der Waals surface area contributed by atoms with Crippen LogP contribution in [0.15, 0.2) is 11.0 Å². The molecule has 0 spiro atoms. The maximum Gasteiger partial charge on any atom is 0.342 e. The molecule has 0 unspecified atom stereocenters. The lowest BCUT2D eigenvalue weighted by atomic mass is 9.96. The summed E-state index contributed by atoms with van der Waals surface area (Å²) in [6.45, 7) is 0.222. The second kappa shape index (κ2) is 4.44. The SMILES string of the molecule is O=C(O)c1cnc(COC2CCC2)[nH]c1=O. The Morgan fingerprint density at radius 3 is 2.88 bits per heavy atom. The van der Waals surface area contributed by atoms with Gasteiger partial charge < -0.3 is 14.8 Å². The van der Waals surface area contributed by atoms with Gasteiger partial charge in [-0.3, -0.25) is 4.79 Å². The molecule has 86 valence electrons. The molecule has 0 saturated heterocycles. The van der Waals surface area contributed by atoms with Gasteiger partial charge in [-0.25, -0.2) is 9.78 Å². The molecule has 0 amide bonds. The van der Waals surface area contributed by atoms with Crippen LogP contribution >= 0.6 is 0 Å². The van der Waals surface area contributed by atoms with E-state index in [9.17, 15) is 9.59 Å². The molecule has 1 aromatic rings. The predicted octanol–water partition coefficient (Wildman–Crippen LogP) is 0.537.